The highest BCUT2D eigenvalue weighted by Crippen LogP contribution is 1.82. The van der Waals surface area contributed by atoms with E-state index in [1.165, 1.54) is 0 Å². The van der Waals surface area contributed by atoms with Gasteiger partial charge in [0.1, 0.15) is 0 Å². The van der Waals surface area contributed by atoms with Crippen molar-refractivity contribution in [1.29, 1.82) is 0 Å². The van der Waals surface area contributed by atoms with Gasteiger partial charge in [-0.15, -0.1) is 0 Å². The highest BCUT2D eigenvalue weighted by Gasteiger charge is 1.91. The summed E-state index contributed by atoms with van der Waals surface area (Å²) in [5, 5.41) is 9.91. The molecule has 0 atom stereocenters. The molecule has 15 heavy (non-hydrogen) atoms. The molecule has 0 bridgehead atoms. The summed E-state index contributed by atoms with van der Waals surface area (Å²) >= 11 is 4.94. The Morgan fingerprint density at radius 3 is 2.93 bits per heavy atom. The van der Waals surface area contributed by atoms with Crippen molar-refractivity contribution in [2.75, 3.05) is 26.7 Å². The van der Waals surface area contributed by atoms with Gasteiger partial charge in [-0.3, -0.25) is 0 Å². The Morgan fingerprint density at radius 2 is 2.27 bits per heavy atom. The molecule has 0 fully saturated rings. The molecule has 84 valence electrons. The maximum absolute atomic E-state index is 4.94. The molecule has 0 saturated carbocycles. The van der Waals surface area contributed by atoms with Crippen LogP contribution in [0.1, 0.15) is 0 Å². The largest absolute Gasteiger partial charge is 0.366 e. The van der Waals surface area contributed by atoms with Gasteiger partial charge in [0.15, 0.2) is 5.11 Å². The van der Waals surface area contributed by atoms with Gasteiger partial charge in [-0.05, 0) is 12.2 Å². The fraction of sp³-hybridized carbons (Fsp3) is 0.556. The molecule has 5 nitrogen and oxygen atoms in total. The number of imidazole rings is 1. The lowest BCUT2D eigenvalue weighted by Crippen LogP contribution is -2.37. The van der Waals surface area contributed by atoms with Crippen molar-refractivity contribution < 1.29 is 0 Å². The predicted molar refractivity (Wildman–Crippen MR) is 64.8 cm³/mol. The Bertz CT molecular complexity index is 272. The van der Waals surface area contributed by atoms with Gasteiger partial charge in [-0.25, -0.2) is 4.98 Å². The molecule has 0 unspecified atom stereocenters. The van der Waals surface area contributed by atoms with E-state index in [4.69, 9.17) is 12.2 Å². The summed E-state index contributed by atoms with van der Waals surface area (Å²) in [7, 11) is 1.81. The predicted octanol–water partition coefficient (Wildman–Crippen LogP) is -0.433. The molecule has 0 saturated heterocycles. The van der Waals surface area contributed by atoms with Crippen LogP contribution in [-0.4, -0.2) is 41.3 Å². The molecule has 0 aliphatic carbocycles. The summed E-state index contributed by atoms with van der Waals surface area (Å²) in [5.74, 6) is 0. The first kappa shape index (κ1) is 11.9. The lowest BCUT2D eigenvalue weighted by Gasteiger charge is -2.08. The zero-order valence-corrected chi connectivity index (χ0v) is 9.68. The zero-order chi connectivity index (χ0) is 10.9. The van der Waals surface area contributed by atoms with Crippen molar-refractivity contribution in [2.45, 2.75) is 6.54 Å². The molecule has 0 aliphatic rings. The van der Waals surface area contributed by atoms with E-state index < -0.39 is 0 Å². The van der Waals surface area contributed by atoms with Gasteiger partial charge in [0.05, 0.1) is 6.33 Å². The van der Waals surface area contributed by atoms with Gasteiger partial charge >= 0.3 is 0 Å². The molecule has 1 rings (SSSR count). The molecule has 3 N–H and O–H groups in total. The van der Waals surface area contributed by atoms with Crippen molar-refractivity contribution in [3.63, 3.8) is 0 Å². The van der Waals surface area contributed by atoms with Crippen LogP contribution in [0.4, 0.5) is 0 Å². The summed E-state index contributed by atoms with van der Waals surface area (Å²) in [4.78, 5) is 3.97. The Kier molecular flexibility index (Phi) is 5.72. The quantitative estimate of drug-likeness (QED) is 0.455. The molecule has 0 spiro atoms. The van der Waals surface area contributed by atoms with E-state index in [2.05, 4.69) is 20.9 Å². The van der Waals surface area contributed by atoms with Crippen LogP contribution >= 0.6 is 12.2 Å². The fourth-order valence-corrected chi connectivity index (χ4v) is 1.21. The minimum atomic E-state index is 0.686. The topological polar surface area (TPSA) is 53.9 Å². The molecule has 0 aromatic carbocycles. The zero-order valence-electron chi connectivity index (χ0n) is 8.86. The van der Waals surface area contributed by atoms with Crippen LogP contribution in [0, 0.1) is 0 Å². The summed E-state index contributed by atoms with van der Waals surface area (Å²) < 4.78 is 2.04. The van der Waals surface area contributed by atoms with E-state index in [9.17, 15) is 0 Å². The Labute approximate surface area is 95.3 Å². The SMILES string of the molecule is CNC(=S)NCCNCCn1ccnc1. The average Bonchev–Trinajstić information content (AvgIpc) is 2.75. The smallest absolute Gasteiger partial charge is 0.166 e. The second-order valence-corrected chi connectivity index (χ2v) is 3.46. The van der Waals surface area contributed by atoms with Crippen molar-refractivity contribution >= 4 is 17.3 Å². The first-order valence-corrected chi connectivity index (χ1v) is 5.36. The first-order valence-electron chi connectivity index (χ1n) is 4.95. The second kappa shape index (κ2) is 7.19. The fourth-order valence-electron chi connectivity index (χ4n) is 1.10. The molecule has 1 aromatic heterocycles. The summed E-state index contributed by atoms with van der Waals surface area (Å²) in [6.07, 6.45) is 5.55. The van der Waals surface area contributed by atoms with Gasteiger partial charge in [0, 0.05) is 45.6 Å². The van der Waals surface area contributed by atoms with Crippen molar-refractivity contribution in [3.8, 4) is 0 Å². The molecule has 0 aliphatic heterocycles. The maximum atomic E-state index is 4.94. The van der Waals surface area contributed by atoms with Crippen LogP contribution in [0.3, 0.4) is 0 Å². The third-order valence-electron chi connectivity index (χ3n) is 1.92. The number of thiocarbonyl (C=S) groups is 1. The summed E-state index contributed by atoms with van der Waals surface area (Å²) in [6.45, 7) is 3.61. The lowest BCUT2D eigenvalue weighted by atomic mass is 10.5. The number of nitrogens with zero attached hydrogens (tertiary/aromatic N) is 2. The van der Waals surface area contributed by atoms with Crippen molar-refractivity contribution in [1.82, 2.24) is 25.5 Å². The number of hydrogen-bond donors (Lipinski definition) is 3. The first-order chi connectivity index (χ1) is 7.33. The van der Waals surface area contributed by atoms with Crippen molar-refractivity contribution in [3.05, 3.63) is 18.7 Å². The van der Waals surface area contributed by atoms with Crippen LogP contribution in [-0.2, 0) is 6.54 Å². The highest BCUT2D eigenvalue weighted by molar-refractivity contribution is 7.80. The second-order valence-electron chi connectivity index (χ2n) is 3.06. The van der Waals surface area contributed by atoms with Crippen LogP contribution in [0.25, 0.3) is 0 Å². The normalized spacial score (nSPS) is 9.93. The van der Waals surface area contributed by atoms with E-state index in [0.717, 1.165) is 26.2 Å². The molecular weight excluding hydrogens is 210 g/mol. The minimum absolute atomic E-state index is 0.686. The maximum Gasteiger partial charge on any atom is 0.166 e. The van der Waals surface area contributed by atoms with Gasteiger partial charge in [-0.1, -0.05) is 0 Å². The molecule has 6 heteroatoms. The number of hydrogen-bond acceptors (Lipinski definition) is 3. The van der Waals surface area contributed by atoms with Crippen molar-refractivity contribution in [2.24, 2.45) is 0 Å². The van der Waals surface area contributed by atoms with Gasteiger partial charge in [0.25, 0.3) is 0 Å². The van der Waals surface area contributed by atoms with E-state index in [-0.39, 0.29) is 0 Å². The van der Waals surface area contributed by atoms with Gasteiger partial charge < -0.3 is 20.5 Å². The monoisotopic (exact) mass is 227 g/mol. The van der Waals surface area contributed by atoms with Crippen LogP contribution in [0.5, 0.6) is 0 Å². The van der Waals surface area contributed by atoms with Gasteiger partial charge in [-0.2, -0.15) is 0 Å². The molecule has 1 heterocycles. The minimum Gasteiger partial charge on any atom is -0.366 e. The third-order valence-corrected chi connectivity index (χ3v) is 2.27. The highest BCUT2D eigenvalue weighted by atomic mass is 32.1. The third kappa shape index (κ3) is 5.34. The van der Waals surface area contributed by atoms with E-state index in [0.29, 0.717) is 5.11 Å². The van der Waals surface area contributed by atoms with Crippen LogP contribution in [0.15, 0.2) is 18.7 Å². The summed E-state index contributed by atoms with van der Waals surface area (Å²) in [5.41, 5.74) is 0. The molecule has 0 radical (unpaired) electrons. The van der Waals surface area contributed by atoms with E-state index >= 15 is 0 Å². The Hall–Kier alpha value is -1.14. The Balaban J connectivity index is 1.91. The summed E-state index contributed by atoms with van der Waals surface area (Å²) in [6, 6.07) is 0. The molecule has 0 amide bonds. The number of rotatable bonds is 6. The molecular formula is C9H17N5S. The van der Waals surface area contributed by atoms with Crippen LogP contribution < -0.4 is 16.0 Å². The molecule has 1 aromatic rings. The van der Waals surface area contributed by atoms with Gasteiger partial charge in [0.2, 0.25) is 0 Å². The Morgan fingerprint density at radius 1 is 1.40 bits per heavy atom. The lowest BCUT2D eigenvalue weighted by molar-refractivity contribution is 0.593. The van der Waals surface area contributed by atoms with E-state index in [1.807, 2.05) is 24.1 Å². The average molecular weight is 227 g/mol. The van der Waals surface area contributed by atoms with E-state index in [1.54, 1.807) is 6.20 Å². The number of nitrogens with one attached hydrogen (secondary N) is 3. The standard InChI is InChI=1S/C9H17N5S/c1-10-9(15)13-3-2-11-4-6-14-7-5-12-8-14/h5,7-8,11H,2-4,6H2,1H3,(H2,10,13,15). The number of aromatic nitrogens is 2. The van der Waals surface area contributed by atoms with Crippen LogP contribution in [0.2, 0.25) is 0 Å².